The molecule has 3 aromatic carbocycles. The summed E-state index contributed by atoms with van der Waals surface area (Å²) < 4.78 is 17.0. The fourth-order valence-electron chi connectivity index (χ4n) is 5.81. The van der Waals surface area contributed by atoms with Gasteiger partial charge in [0.2, 0.25) is 5.91 Å². The Bertz CT molecular complexity index is 1550. The van der Waals surface area contributed by atoms with Crippen LogP contribution in [0.25, 0.3) is 11.1 Å². The maximum Gasteiger partial charge on any atom is 0.407 e. The first kappa shape index (κ1) is 32.5. The zero-order valence-electron chi connectivity index (χ0n) is 26.4. The molecule has 0 fully saturated rings. The van der Waals surface area contributed by atoms with Crippen LogP contribution in [0.2, 0.25) is 0 Å². The number of esters is 2. The number of carbonyl (C=O) groups is 4. The summed E-state index contributed by atoms with van der Waals surface area (Å²) in [5.41, 5.74) is 4.39. The van der Waals surface area contributed by atoms with E-state index in [9.17, 15) is 19.2 Å². The molecule has 3 aromatic rings. The number of amides is 2. The van der Waals surface area contributed by atoms with Gasteiger partial charge in [0.05, 0.1) is 18.9 Å². The third kappa shape index (κ3) is 8.21. The minimum atomic E-state index is -1.04. The molecule has 240 valence electrons. The first-order valence-electron chi connectivity index (χ1n) is 15.6. The van der Waals surface area contributed by atoms with Crippen LogP contribution in [0.1, 0.15) is 68.7 Å². The molecule has 9 heteroatoms. The summed E-state index contributed by atoms with van der Waals surface area (Å²) >= 11 is 0. The van der Waals surface area contributed by atoms with Gasteiger partial charge in [-0.15, -0.1) is 0 Å². The Balaban J connectivity index is 1.30. The first-order valence-corrected chi connectivity index (χ1v) is 15.6. The van der Waals surface area contributed by atoms with Crippen molar-refractivity contribution in [3.63, 3.8) is 0 Å². The Kier molecular flexibility index (Phi) is 10.2. The van der Waals surface area contributed by atoms with Crippen molar-refractivity contribution in [3.05, 3.63) is 108 Å². The number of ether oxygens (including phenoxy) is 3. The van der Waals surface area contributed by atoms with Crippen molar-refractivity contribution in [2.45, 2.75) is 63.7 Å². The minimum Gasteiger partial charge on any atom is -0.460 e. The van der Waals surface area contributed by atoms with Crippen LogP contribution < -0.4 is 10.6 Å². The van der Waals surface area contributed by atoms with Crippen molar-refractivity contribution < 1.29 is 33.4 Å². The normalized spacial score (nSPS) is 20.9. The van der Waals surface area contributed by atoms with Crippen LogP contribution in [0.5, 0.6) is 0 Å². The monoisotopic (exact) mass is 624 g/mol. The second-order valence-corrected chi connectivity index (χ2v) is 12.5. The second-order valence-electron chi connectivity index (χ2n) is 12.5. The summed E-state index contributed by atoms with van der Waals surface area (Å²) in [5.74, 6) is -2.30. The standard InChI is InChI=1S/C37H40N2O7/c1-37(2,3)46-33(40)21-25-15-7-12-20-31(35(42)45-32(22-38-34(25)41)24-13-5-4-6-14-24)39-36(43)44-23-30-28-18-10-8-16-26(28)27-17-9-11-19-29(27)30/h4-14,16-19,25,30-32H,15,20-23H2,1-3H3,(H,38,41)(H,39,43)/b12-7-/t25-,31+,32-/m0/s1. The van der Waals surface area contributed by atoms with Crippen LogP contribution in [-0.2, 0) is 28.6 Å². The fraction of sp³-hybridized carbons (Fsp3) is 0.351. The molecule has 0 saturated heterocycles. The minimum absolute atomic E-state index is 0.0131. The smallest absolute Gasteiger partial charge is 0.407 e. The van der Waals surface area contributed by atoms with E-state index in [1.165, 1.54) is 0 Å². The molecule has 1 heterocycles. The number of alkyl carbamates (subject to hydrolysis) is 1. The number of hydrogen-bond donors (Lipinski definition) is 2. The molecule has 0 bridgehead atoms. The highest BCUT2D eigenvalue weighted by Gasteiger charge is 2.32. The molecule has 2 aliphatic rings. The quantitative estimate of drug-likeness (QED) is 0.196. The van der Waals surface area contributed by atoms with Crippen molar-refractivity contribution >= 4 is 23.9 Å². The van der Waals surface area contributed by atoms with Gasteiger partial charge in [-0.25, -0.2) is 9.59 Å². The molecule has 0 aromatic heterocycles. The molecule has 2 amide bonds. The molecule has 1 aliphatic heterocycles. The van der Waals surface area contributed by atoms with Gasteiger partial charge in [0.15, 0.2) is 0 Å². The van der Waals surface area contributed by atoms with Crippen molar-refractivity contribution in [3.8, 4) is 11.1 Å². The second kappa shape index (κ2) is 14.5. The van der Waals surface area contributed by atoms with E-state index in [1.807, 2.05) is 54.6 Å². The predicted molar refractivity (Wildman–Crippen MR) is 173 cm³/mol. The zero-order chi connectivity index (χ0) is 32.7. The number of cyclic esters (lactones) is 1. The van der Waals surface area contributed by atoms with E-state index in [0.29, 0.717) is 5.56 Å². The number of rotatable bonds is 6. The Labute approximate surface area is 269 Å². The molecule has 0 spiro atoms. The Morgan fingerprint density at radius 1 is 0.870 bits per heavy atom. The van der Waals surface area contributed by atoms with Crippen LogP contribution in [0.15, 0.2) is 91.0 Å². The van der Waals surface area contributed by atoms with E-state index < -0.39 is 41.7 Å². The number of hydrogen-bond acceptors (Lipinski definition) is 7. The molecule has 0 unspecified atom stereocenters. The fourth-order valence-corrected chi connectivity index (χ4v) is 5.81. The average Bonchev–Trinajstić information content (AvgIpc) is 3.35. The third-order valence-corrected chi connectivity index (χ3v) is 7.97. The Morgan fingerprint density at radius 2 is 1.48 bits per heavy atom. The van der Waals surface area contributed by atoms with Gasteiger partial charge in [0, 0.05) is 5.92 Å². The highest BCUT2D eigenvalue weighted by Crippen LogP contribution is 2.44. The van der Waals surface area contributed by atoms with E-state index in [-0.39, 0.29) is 44.2 Å². The summed E-state index contributed by atoms with van der Waals surface area (Å²) in [6, 6.07) is 24.1. The van der Waals surface area contributed by atoms with E-state index in [1.54, 1.807) is 45.1 Å². The van der Waals surface area contributed by atoms with Crippen molar-refractivity contribution in [1.29, 1.82) is 0 Å². The van der Waals surface area contributed by atoms with Crippen LogP contribution in [0.4, 0.5) is 4.79 Å². The average molecular weight is 625 g/mol. The number of nitrogens with one attached hydrogen (secondary N) is 2. The first-order chi connectivity index (χ1) is 22.1. The van der Waals surface area contributed by atoms with E-state index in [0.717, 1.165) is 22.3 Å². The topological polar surface area (TPSA) is 120 Å². The van der Waals surface area contributed by atoms with Gasteiger partial charge >= 0.3 is 18.0 Å². The Hall–Kier alpha value is -4.92. The molecule has 0 radical (unpaired) electrons. The molecule has 5 rings (SSSR count). The molecular formula is C37H40N2O7. The molecule has 2 N–H and O–H groups in total. The van der Waals surface area contributed by atoms with E-state index in [4.69, 9.17) is 14.2 Å². The lowest BCUT2D eigenvalue weighted by Gasteiger charge is -2.25. The number of carbonyl (C=O) groups excluding carboxylic acids is 4. The lowest BCUT2D eigenvalue weighted by atomic mass is 9.98. The van der Waals surface area contributed by atoms with Gasteiger partial charge in [-0.3, -0.25) is 9.59 Å². The van der Waals surface area contributed by atoms with Crippen molar-refractivity contribution in [2.24, 2.45) is 5.92 Å². The maximum atomic E-state index is 13.5. The van der Waals surface area contributed by atoms with Crippen LogP contribution in [0.3, 0.4) is 0 Å². The summed E-state index contributed by atoms with van der Waals surface area (Å²) in [7, 11) is 0. The van der Waals surface area contributed by atoms with Gasteiger partial charge in [0.1, 0.15) is 24.4 Å². The summed E-state index contributed by atoms with van der Waals surface area (Å²) in [5, 5.41) is 5.54. The van der Waals surface area contributed by atoms with Gasteiger partial charge in [-0.2, -0.15) is 0 Å². The summed E-state index contributed by atoms with van der Waals surface area (Å²) in [4.78, 5) is 52.3. The van der Waals surface area contributed by atoms with Crippen LogP contribution in [0, 0.1) is 5.92 Å². The number of benzene rings is 3. The van der Waals surface area contributed by atoms with Gasteiger partial charge in [0.25, 0.3) is 0 Å². The van der Waals surface area contributed by atoms with Crippen LogP contribution in [-0.4, -0.2) is 48.7 Å². The SMILES string of the molecule is CC(C)(C)OC(=O)C[C@@H]1C/C=C\C[C@@H](NC(=O)OCC2c3ccccc3-c3ccccc32)C(=O)O[C@H](c2ccccc2)CNC1=O. The Morgan fingerprint density at radius 3 is 2.13 bits per heavy atom. The molecule has 46 heavy (non-hydrogen) atoms. The largest absolute Gasteiger partial charge is 0.460 e. The van der Waals surface area contributed by atoms with E-state index in [2.05, 4.69) is 22.8 Å². The maximum absolute atomic E-state index is 13.5. The predicted octanol–water partition coefficient (Wildman–Crippen LogP) is 5.99. The number of allylic oxidation sites excluding steroid dienone is 1. The molecule has 9 nitrogen and oxygen atoms in total. The van der Waals surface area contributed by atoms with Gasteiger partial charge < -0.3 is 24.8 Å². The van der Waals surface area contributed by atoms with Crippen molar-refractivity contribution in [2.75, 3.05) is 13.2 Å². The molecule has 3 atom stereocenters. The third-order valence-electron chi connectivity index (χ3n) is 7.97. The molecule has 1 aliphatic carbocycles. The van der Waals surface area contributed by atoms with Gasteiger partial charge in [-0.05, 0) is 61.4 Å². The number of fused-ring (bicyclic) bond motifs is 3. The highest BCUT2D eigenvalue weighted by atomic mass is 16.6. The summed E-state index contributed by atoms with van der Waals surface area (Å²) in [6.07, 6.45) is 2.10. The van der Waals surface area contributed by atoms with Crippen molar-refractivity contribution in [1.82, 2.24) is 10.6 Å². The lowest BCUT2D eigenvalue weighted by Crippen LogP contribution is -2.44. The lowest BCUT2D eigenvalue weighted by molar-refractivity contribution is -0.157. The van der Waals surface area contributed by atoms with Gasteiger partial charge in [-0.1, -0.05) is 91.0 Å². The van der Waals surface area contributed by atoms with Crippen LogP contribution >= 0.6 is 0 Å². The molecular weight excluding hydrogens is 584 g/mol. The zero-order valence-corrected chi connectivity index (χ0v) is 26.4. The highest BCUT2D eigenvalue weighted by molar-refractivity contribution is 5.85. The molecule has 0 saturated carbocycles. The van der Waals surface area contributed by atoms with E-state index >= 15 is 0 Å². The summed E-state index contributed by atoms with van der Waals surface area (Å²) in [6.45, 7) is 5.40.